The van der Waals surface area contributed by atoms with Gasteiger partial charge in [0.1, 0.15) is 42.7 Å². The lowest BCUT2D eigenvalue weighted by Gasteiger charge is -2.51. The maximum atomic E-state index is 15.0. The number of halogens is 1. The summed E-state index contributed by atoms with van der Waals surface area (Å²) in [5.41, 5.74) is -2.02. The number of anilines is 1. The number of aromatic nitrogens is 3. The van der Waals surface area contributed by atoms with Crippen molar-refractivity contribution in [2.24, 2.45) is 23.7 Å². The summed E-state index contributed by atoms with van der Waals surface area (Å²) in [5.74, 6) is -2.62. The molecule has 77 heavy (non-hydrogen) atoms. The van der Waals surface area contributed by atoms with Gasteiger partial charge in [0.05, 0.1) is 58.7 Å². The molecule has 21 heteroatoms. The first kappa shape index (κ1) is 63.3. The van der Waals surface area contributed by atoms with E-state index in [-0.39, 0.29) is 48.8 Å². The first-order chi connectivity index (χ1) is 36.1. The smallest absolute Gasteiger partial charge is 0.309 e. The highest BCUT2D eigenvalue weighted by molar-refractivity contribution is 7.91. The molecule has 19 nitrogen and oxygen atoms in total. The predicted octanol–water partition coefficient (Wildman–Crippen LogP) is 4.93. The Kier molecular flexibility index (Phi) is 21.6. The van der Waals surface area contributed by atoms with Gasteiger partial charge in [-0.15, -0.1) is 5.10 Å². The van der Waals surface area contributed by atoms with Crippen LogP contribution in [0, 0.1) is 23.7 Å². The summed E-state index contributed by atoms with van der Waals surface area (Å²) >= 11 is 0. The van der Waals surface area contributed by atoms with Crippen LogP contribution in [0.2, 0.25) is 0 Å². The van der Waals surface area contributed by atoms with E-state index in [0.29, 0.717) is 57.6 Å². The first-order valence-electron chi connectivity index (χ1n) is 28.1. The number of methoxy groups -OCH3 is 2. The number of sulfone groups is 1. The van der Waals surface area contributed by atoms with Gasteiger partial charge >= 0.3 is 5.97 Å². The Morgan fingerprint density at radius 1 is 0.961 bits per heavy atom. The molecule has 1 aromatic carbocycles. The molecule has 4 aliphatic rings. The van der Waals surface area contributed by atoms with Crippen molar-refractivity contribution in [3.05, 3.63) is 41.7 Å². The SMILES string of the molecule is CC[C@H]1OC(=O)[C@H](C)[C@@H](C2C[C@@](C)(OC)[C@@H](O)[C@H](C)O2)[C@H](C)[C@@H](O[C@H]2C[C@@H](N(C)CCc3cn([C@H](CF)[C@H](OC)c4ccc(N5CCCS(=O)(=O)CC5)cc4)nn3)C[C@@H](C)O2)[C@](C)(O)C[C@@H](C)CN(C)[C@H](C)[C@@H](O)[C@]1(C)O. The molecule has 4 aliphatic heterocycles. The van der Waals surface area contributed by atoms with E-state index >= 15 is 0 Å². The van der Waals surface area contributed by atoms with Crippen molar-refractivity contribution in [1.29, 1.82) is 0 Å². The quantitative estimate of drug-likeness (QED) is 0.173. The fourth-order valence-corrected chi connectivity index (χ4v) is 14.4. The van der Waals surface area contributed by atoms with E-state index in [0.717, 1.165) is 11.3 Å². The standard InChI is InChI=1S/C56H95FN6O13S/c1-15-46-56(10,68)50(64)38(6)61(12)32-34(2)29-54(8,67)52(36(4)48(37(5)53(66)75-46)45-30-55(9,72-14)51(65)39(7)74-45)76-47-28-43(27-35(3)73-47)60(11)23-21-41-33-63(59-58-41)44(31-57)49(71-13)40-17-19-42(20-18-40)62-22-16-25-77(69,70)26-24-62/h17-20,33-39,43-52,64-65,67-68H,15-16,21-32H2,1-14H3/t34-,35-,36+,37-,38-,39+,43+,44-,45?,46-,47+,48+,49-,50-,51+,52-,54-,55-,56-/m1/s1. The molecule has 5 heterocycles. The van der Waals surface area contributed by atoms with Gasteiger partial charge in [-0.05, 0) is 111 Å². The van der Waals surface area contributed by atoms with E-state index in [2.05, 4.69) is 20.1 Å². The third-order valence-electron chi connectivity index (χ3n) is 17.9. The number of hydrogen-bond donors (Lipinski definition) is 4. The summed E-state index contributed by atoms with van der Waals surface area (Å²) < 4.78 is 79.4. The van der Waals surface area contributed by atoms with Crippen molar-refractivity contribution in [3.8, 4) is 0 Å². The lowest BCUT2D eigenvalue weighted by Crippen LogP contribution is -2.61. The van der Waals surface area contributed by atoms with Crippen molar-refractivity contribution in [1.82, 2.24) is 24.8 Å². The number of alkyl halides is 1. The molecule has 0 spiro atoms. The fraction of sp³-hybridized carbons (Fsp3) is 0.839. The number of rotatable bonds is 15. The highest BCUT2D eigenvalue weighted by Crippen LogP contribution is 2.45. The van der Waals surface area contributed by atoms with E-state index in [9.17, 15) is 38.0 Å². The van der Waals surface area contributed by atoms with Gasteiger partial charge < -0.3 is 63.5 Å². The van der Waals surface area contributed by atoms with Crippen LogP contribution in [0.5, 0.6) is 0 Å². The second kappa shape index (κ2) is 26.3. The van der Waals surface area contributed by atoms with Gasteiger partial charge in [-0.25, -0.2) is 17.5 Å². The van der Waals surface area contributed by atoms with Crippen LogP contribution in [0.4, 0.5) is 10.1 Å². The summed E-state index contributed by atoms with van der Waals surface area (Å²) in [7, 11) is 3.93. The molecule has 19 atom stereocenters. The molecule has 1 aromatic heterocycles. The Hall–Kier alpha value is -2.93. The zero-order chi connectivity index (χ0) is 56.9. The number of nitrogens with zero attached hydrogens (tertiary/aromatic N) is 6. The van der Waals surface area contributed by atoms with Gasteiger partial charge in [0.15, 0.2) is 16.1 Å². The summed E-state index contributed by atoms with van der Waals surface area (Å²) in [6.07, 6.45) is -2.56. The number of carbonyl (C=O) groups is 1. The van der Waals surface area contributed by atoms with Crippen LogP contribution in [0.1, 0.15) is 131 Å². The van der Waals surface area contributed by atoms with Crippen molar-refractivity contribution in [2.75, 3.05) is 77.6 Å². The molecular formula is C56H95FN6O13S. The Morgan fingerprint density at radius 2 is 1.65 bits per heavy atom. The second-order valence-corrected chi connectivity index (χ2v) is 26.4. The third kappa shape index (κ3) is 15.0. The van der Waals surface area contributed by atoms with Gasteiger partial charge in [0, 0.05) is 89.5 Å². The van der Waals surface area contributed by atoms with Gasteiger partial charge in [-0.1, -0.05) is 45.0 Å². The molecule has 4 N–H and O–H groups in total. The van der Waals surface area contributed by atoms with Crippen molar-refractivity contribution in [2.45, 2.75) is 204 Å². The van der Waals surface area contributed by atoms with Crippen LogP contribution in [-0.2, 0) is 49.5 Å². The number of aliphatic hydroxyl groups excluding tert-OH is 2. The molecular weight excluding hydrogens is 1020 g/mol. The molecule has 4 saturated heterocycles. The van der Waals surface area contributed by atoms with Gasteiger partial charge in [0.2, 0.25) is 0 Å². The molecule has 6 rings (SSSR count). The number of likely N-dealkylation sites (N-methyl/N-ethyl adjacent to an activating group) is 2. The predicted molar refractivity (Wildman–Crippen MR) is 291 cm³/mol. The Bertz CT molecular complexity index is 2300. The average molecular weight is 1110 g/mol. The monoisotopic (exact) mass is 1110 g/mol. The maximum Gasteiger partial charge on any atom is 0.309 e. The van der Waals surface area contributed by atoms with E-state index in [4.69, 9.17) is 28.4 Å². The lowest BCUT2D eigenvalue weighted by molar-refractivity contribution is -0.275. The van der Waals surface area contributed by atoms with Crippen LogP contribution in [-0.4, -0.2) is 210 Å². The number of cyclic esters (lactones) is 1. The maximum absolute atomic E-state index is 15.0. The van der Waals surface area contributed by atoms with Crippen LogP contribution >= 0.6 is 0 Å². The summed E-state index contributed by atoms with van der Waals surface area (Å²) in [4.78, 5) is 20.9. The average Bonchev–Trinajstić information content (AvgIpc) is 3.77. The Labute approximate surface area is 458 Å². The lowest BCUT2D eigenvalue weighted by atomic mass is 9.68. The number of carbonyl (C=O) groups excluding carboxylic acids is 1. The largest absolute Gasteiger partial charge is 0.459 e. The molecule has 1 unspecified atom stereocenters. The topological polar surface area (TPSA) is 228 Å². The normalized spacial score (nSPS) is 39.3. The van der Waals surface area contributed by atoms with Gasteiger partial charge in [0.25, 0.3) is 0 Å². The van der Waals surface area contributed by atoms with Crippen LogP contribution < -0.4 is 4.90 Å². The zero-order valence-corrected chi connectivity index (χ0v) is 49.3. The number of esters is 1. The number of aliphatic hydroxyl groups is 4. The van der Waals surface area contributed by atoms with E-state index in [1.807, 2.05) is 77.9 Å². The minimum absolute atomic E-state index is 0.0187. The molecule has 0 radical (unpaired) electrons. The first-order valence-corrected chi connectivity index (χ1v) is 29.9. The molecule has 440 valence electrons. The minimum Gasteiger partial charge on any atom is -0.459 e. The van der Waals surface area contributed by atoms with Crippen LogP contribution in [0.3, 0.4) is 0 Å². The number of ether oxygens (including phenoxy) is 6. The molecule has 0 saturated carbocycles. The highest BCUT2D eigenvalue weighted by atomic mass is 32.2. The van der Waals surface area contributed by atoms with Crippen LogP contribution in [0.25, 0.3) is 0 Å². The van der Waals surface area contributed by atoms with Crippen LogP contribution in [0.15, 0.2) is 30.5 Å². The molecule has 0 aliphatic carbocycles. The van der Waals surface area contributed by atoms with Crippen molar-refractivity contribution >= 4 is 21.5 Å². The van der Waals surface area contributed by atoms with E-state index < -0.39 is 118 Å². The van der Waals surface area contributed by atoms with Gasteiger partial charge in [-0.3, -0.25) is 4.79 Å². The summed E-state index contributed by atoms with van der Waals surface area (Å²) in [5, 5.41) is 56.8. The fourth-order valence-electron chi connectivity index (χ4n) is 13.1. The summed E-state index contributed by atoms with van der Waals surface area (Å²) in [6, 6.07) is 6.27. The third-order valence-corrected chi connectivity index (χ3v) is 19.6. The van der Waals surface area contributed by atoms with Crippen molar-refractivity contribution in [3.63, 3.8) is 0 Å². The highest BCUT2D eigenvalue weighted by Gasteiger charge is 2.54. The zero-order valence-electron chi connectivity index (χ0n) is 48.5. The van der Waals surface area contributed by atoms with Crippen molar-refractivity contribution < 1.29 is 66.5 Å². The molecule has 0 amide bonds. The Balaban J connectivity index is 1.22. The molecule has 2 aromatic rings. The van der Waals surface area contributed by atoms with Gasteiger partial charge in [-0.2, -0.15) is 0 Å². The molecule has 0 bridgehead atoms. The number of hydrogen-bond acceptors (Lipinski definition) is 18. The van der Waals surface area contributed by atoms with E-state index in [1.54, 1.807) is 41.0 Å². The van der Waals surface area contributed by atoms with E-state index in [1.165, 1.54) is 18.7 Å². The Morgan fingerprint density at radius 3 is 2.29 bits per heavy atom. The number of benzene rings is 1. The minimum atomic E-state index is -3.06. The second-order valence-electron chi connectivity index (χ2n) is 24.1. The summed E-state index contributed by atoms with van der Waals surface area (Å²) in [6.45, 7) is 19.6. The molecule has 4 fully saturated rings.